The first-order valence-corrected chi connectivity index (χ1v) is 11.7. The normalized spacial score (nSPS) is 18.9. The second-order valence-electron chi connectivity index (χ2n) is 7.35. The predicted molar refractivity (Wildman–Crippen MR) is 119 cm³/mol. The van der Waals surface area contributed by atoms with Crippen LogP contribution in [0.2, 0.25) is 0 Å². The average molecular weight is 394 g/mol. The number of thioether (sulfide) groups is 1. The summed E-state index contributed by atoms with van der Waals surface area (Å²) in [6, 6.07) is 9.09. The maximum atomic E-state index is 5.92. The van der Waals surface area contributed by atoms with E-state index in [1.165, 1.54) is 24.9 Å². The van der Waals surface area contributed by atoms with E-state index in [2.05, 4.69) is 67.2 Å². The SMILES string of the molecule is CCC(NCSC1CCCN1C)c1ccc(OCCCN(CC)CC)cc1. The second-order valence-corrected chi connectivity index (χ2v) is 8.52. The highest BCUT2D eigenvalue weighted by atomic mass is 32.2. The van der Waals surface area contributed by atoms with Gasteiger partial charge in [0.15, 0.2) is 0 Å². The molecule has 0 aliphatic carbocycles. The van der Waals surface area contributed by atoms with Crippen LogP contribution in [0.4, 0.5) is 0 Å². The van der Waals surface area contributed by atoms with Crippen molar-refractivity contribution in [1.82, 2.24) is 15.1 Å². The number of hydrogen-bond donors (Lipinski definition) is 1. The zero-order valence-electron chi connectivity index (χ0n) is 17.7. The van der Waals surface area contributed by atoms with Gasteiger partial charge in [-0.3, -0.25) is 4.90 Å². The Hall–Kier alpha value is -0.750. The lowest BCUT2D eigenvalue weighted by Gasteiger charge is -2.22. The maximum Gasteiger partial charge on any atom is 0.119 e. The van der Waals surface area contributed by atoms with Gasteiger partial charge in [0.1, 0.15) is 5.75 Å². The average Bonchev–Trinajstić information content (AvgIpc) is 3.11. The first-order chi connectivity index (χ1) is 13.2. The van der Waals surface area contributed by atoms with E-state index in [0.717, 1.165) is 50.7 Å². The largest absolute Gasteiger partial charge is 0.494 e. The summed E-state index contributed by atoms with van der Waals surface area (Å²) in [5, 5.41) is 4.40. The summed E-state index contributed by atoms with van der Waals surface area (Å²) < 4.78 is 5.92. The van der Waals surface area contributed by atoms with E-state index in [9.17, 15) is 0 Å². The first-order valence-electron chi connectivity index (χ1n) is 10.7. The van der Waals surface area contributed by atoms with Crippen LogP contribution in [-0.2, 0) is 0 Å². The first kappa shape index (κ1) is 22.5. The second kappa shape index (κ2) is 12.7. The Balaban J connectivity index is 1.71. The minimum atomic E-state index is 0.418. The van der Waals surface area contributed by atoms with Gasteiger partial charge in [0.05, 0.1) is 12.0 Å². The molecule has 0 saturated carbocycles. The quantitative estimate of drug-likeness (QED) is 0.391. The van der Waals surface area contributed by atoms with Crippen LogP contribution >= 0.6 is 11.8 Å². The van der Waals surface area contributed by atoms with E-state index in [4.69, 9.17) is 4.74 Å². The fraction of sp³-hybridized carbons (Fsp3) is 0.727. The highest BCUT2D eigenvalue weighted by molar-refractivity contribution is 7.99. The van der Waals surface area contributed by atoms with Gasteiger partial charge >= 0.3 is 0 Å². The molecule has 1 saturated heterocycles. The Morgan fingerprint density at radius 2 is 1.96 bits per heavy atom. The number of ether oxygens (including phenoxy) is 1. The molecule has 1 N–H and O–H groups in total. The van der Waals surface area contributed by atoms with Gasteiger partial charge in [-0.15, -0.1) is 11.8 Å². The molecule has 5 heteroatoms. The summed E-state index contributed by atoms with van der Waals surface area (Å²) in [5.74, 6) is 1.99. The van der Waals surface area contributed by atoms with Gasteiger partial charge in [-0.2, -0.15) is 0 Å². The molecule has 154 valence electrons. The Kier molecular flexibility index (Phi) is 10.6. The molecule has 0 aromatic heterocycles. The summed E-state index contributed by atoms with van der Waals surface area (Å²) in [4.78, 5) is 4.91. The molecule has 1 aromatic carbocycles. The number of nitrogens with one attached hydrogen (secondary N) is 1. The number of benzene rings is 1. The van der Waals surface area contributed by atoms with Gasteiger partial charge in [-0.25, -0.2) is 0 Å². The summed E-state index contributed by atoms with van der Waals surface area (Å²) in [6.45, 7) is 12.1. The van der Waals surface area contributed by atoms with Crippen molar-refractivity contribution in [3.8, 4) is 5.75 Å². The van der Waals surface area contributed by atoms with Crippen molar-refractivity contribution < 1.29 is 4.74 Å². The summed E-state index contributed by atoms with van der Waals surface area (Å²) >= 11 is 2.04. The van der Waals surface area contributed by atoms with E-state index in [-0.39, 0.29) is 0 Å². The van der Waals surface area contributed by atoms with Crippen molar-refractivity contribution in [1.29, 1.82) is 0 Å². The minimum absolute atomic E-state index is 0.418. The van der Waals surface area contributed by atoms with Crippen LogP contribution in [0, 0.1) is 0 Å². The third-order valence-electron chi connectivity index (χ3n) is 5.53. The Morgan fingerprint density at radius 1 is 1.22 bits per heavy atom. The van der Waals surface area contributed by atoms with Crippen molar-refractivity contribution >= 4 is 11.8 Å². The molecule has 0 spiro atoms. The molecule has 2 atom stereocenters. The van der Waals surface area contributed by atoms with Crippen molar-refractivity contribution in [2.75, 3.05) is 45.7 Å². The highest BCUT2D eigenvalue weighted by Crippen LogP contribution is 2.26. The van der Waals surface area contributed by atoms with Crippen LogP contribution in [-0.4, -0.2) is 60.9 Å². The molecule has 0 bridgehead atoms. The number of hydrogen-bond acceptors (Lipinski definition) is 5. The van der Waals surface area contributed by atoms with Crippen LogP contribution < -0.4 is 10.1 Å². The van der Waals surface area contributed by atoms with E-state index in [1.54, 1.807) is 0 Å². The van der Waals surface area contributed by atoms with E-state index in [0.29, 0.717) is 11.4 Å². The molecular formula is C22H39N3OS. The molecule has 1 heterocycles. The number of nitrogens with zero attached hydrogens (tertiary/aromatic N) is 2. The topological polar surface area (TPSA) is 27.7 Å². The molecule has 0 radical (unpaired) electrons. The van der Waals surface area contributed by atoms with Crippen LogP contribution in [0.3, 0.4) is 0 Å². The lowest BCUT2D eigenvalue weighted by Crippen LogP contribution is -2.26. The molecule has 0 amide bonds. The predicted octanol–water partition coefficient (Wildman–Crippen LogP) is 4.58. The lowest BCUT2D eigenvalue weighted by molar-refractivity contribution is 0.249. The minimum Gasteiger partial charge on any atom is -0.494 e. The smallest absolute Gasteiger partial charge is 0.119 e. The molecule has 1 aliphatic heterocycles. The third-order valence-corrected chi connectivity index (χ3v) is 6.85. The van der Waals surface area contributed by atoms with Crippen molar-refractivity contribution in [2.24, 2.45) is 0 Å². The zero-order chi connectivity index (χ0) is 19.5. The summed E-state index contributed by atoms with van der Waals surface area (Å²) in [6.07, 6.45) is 4.84. The highest BCUT2D eigenvalue weighted by Gasteiger charge is 2.21. The Bertz CT molecular complexity index is 507. The number of rotatable bonds is 13. The molecule has 2 rings (SSSR count). The molecule has 2 unspecified atom stereocenters. The molecular weight excluding hydrogens is 354 g/mol. The lowest BCUT2D eigenvalue weighted by atomic mass is 10.0. The molecule has 1 fully saturated rings. The van der Waals surface area contributed by atoms with Gasteiger partial charge in [-0.1, -0.05) is 32.9 Å². The van der Waals surface area contributed by atoms with Crippen LogP contribution in [0.15, 0.2) is 24.3 Å². The Labute approximate surface area is 171 Å². The summed E-state index contributed by atoms with van der Waals surface area (Å²) in [7, 11) is 2.24. The molecule has 4 nitrogen and oxygen atoms in total. The fourth-order valence-corrected chi connectivity index (χ4v) is 4.83. The molecule has 1 aromatic rings. The number of likely N-dealkylation sites (tertiary alicyclic amines) is 1. The van der Waals surface area contributed by atoms with Gasteiger partial charge in [-0.05, 0) is 70.1 Å². The van der Waals surface area contributed by atoms with E-state index >= 15 is 0 Å². The van der Waals surface area contributed by atoms with Gasteiger partial charge in [0.2, 0.25) is 0 Å². The standard InChI is InChI=1S/C22H39N3OS/c1-5-21(23-18-27-22-10-8-15-24(22)4)19-11-13-20(14-12-19)26-17-9-16-25(6-2)7-3/h11-14,21-23H,5-10,15-18H2,1-4H3. The third kappa shape index (κ3) is 7.65. The van der Waals surface area contributed by atoms with Gasteiger partial charge in [0.25, 0.3) is 0 Å². The van der Waals surface area contributed by atoms with Crippen LogP contribution in [0.25, 0.3) is 0 Å². The molecule has 27 heavy (non-hydrogen) atoms. The fourth-order valence-electron chi connectivity index (χ4n) is 3.65. The van der Waals surface area contributed by atoms with Crippen LogP contribution in [0.5, 0.6) is 5.75 Å². The van der Waals surface area contributed by atoms with Crippen molar-refractivity contribution in [3.05, 3.63) is 29.8 Å². The van der Waals surface area contributed by atoms with E-state index in [1.807, 2.05) is 11.8 Å². The van der Waals surface area contributed by atoms with Crippen LogP contribution in [0.1, 0.15) is 58.1 Å². The molecule has 1 aliphatic rings. The van der Waals surface area contributed by atoms with Gasteiger partial charge in [0, 0.05) is 18.5 Å². The van der Waals surface area contributed by atoms with E-state index < -0.39 is 0 Å². The Morgan fingerprint density at radius 3 is 2.56 bits per heavy atom. The summed E-state index contributed by atoms with van der Waals surface area (Å²) in [5.41, 5.74) is 1.35. The van der Waals surface area contributed by atoms with Gasteiger partial charge < -0.3 is 15.0 Å². The maximum absolute atomic E-state index is 5.92. The van der Waals surface area contributed by atoms with Crippen molar-refractivity contribution in [3.63, 3.8) is 0 Å². The van der Waals surface area contributed by atoms with Crippen molar-refractivity contribution in [2.45, 2.75) is 57.9 Å². The monoisotopic (exact) mass is 393 g/mol. The zero-order valence-corrected chi connectivity index (χ0v) is 18.6.